The molecule has 0 saturated heterocycles. The molecule has 2 aromatic carbocycles. The number of benzene rings is 2. The van der Waals surface area contributed by atoms with Crippen LogP contribution in [-0.4, -0.2) is 73.3 Å². The molecule has 2 aliphatic heterocycles. The maximum Gasteiger partial charge on any atom is 0.332 e. The van der Waals surface area contributed by atoms with Gasteiger partial charge in [0.15, 0.2) is 6.10 Å². The lowest BCUT2D eigenvalue weighted by atomic mass is 9.62. The van der Waals surface area contributed by atoms with Gasteiger partial charge in [0.1, 0.15) is 0 Å². The van der Waals surface area contributed by atoms with Crippen molar-refractivity contribution in [3.63, 3.8) is 0 Å². The molecule has 0 amide bonds. The topological polar surface area (TPSA) is 164 Å². The van der Waals surface area contributed by atoms with Gasteiger partial charge in [-0.2, -0.15) is 0 Å². The Bertz CT molecular complexity index is 1450. The van der Waals surface area contributed by atoms with Gasteiger partial charge in [0.2, 0.25) is 0 Å². The molecule has 51 heavy (non-hydrogen) atoms. The monoisotopic (exact) mass is 739 g/mol. The van der Waals surface area contributed by atoms with Crippen LogP contribution in [0.1, 0.15) is 67.2 Å². The molecule has 4 aliphatic rings. The molecule has 0 radical (unpaired) electrons. The number of carbonyl (C=O) groups is 1. The summed E-state index contributed by atoms with van der Waals surface area (Å²) in [5, 5.41) is 63.3. The first-order valence-electron chi connectivity index (χ1n) is 18.7. The van der Waals surface area contributed by atoms with Gasteiger partial charge in [0.05, 0.1) is 24.9 Å². The third-order valence-electron chi connectivity index (χ3n) is 11.7. The number of hydrogen-bond donors (Lipinski definition) is 7. The molecule has 9 atom stereocenters. The molecule has 0 spiro atoms. The smallest absolute Gasteiger partial charge is 0.332 e. The van der Waals surface area contributed by atoms with E-state index >= 15 is 0 Å². The van der Waals surface area contributed by atoms with Gasteiger partial charge in [-0.15, -0.1) is 0 Å². The lowest BCUT2D eigenvalue weighted by Gasteiger charge is -2.43. The van der Waals surface area contributed by atoms with Gasteiger partial charge < -0.3 is 36.4 Å². The third kappa shape index (κ3) is 10.9. The number of aliphatic hydroxyl groups is 5. The zero-order valence-electron chi connectivity index (χ0n) is 29.5. The minimum Gasteiger partial charge on any atom is -0.479 e. The largest absolute Gasteiger partial charge is 0.479 e. The maximum absolute atomic E-state index is 12.4. The summed E-state index contributed by atoms with van der Waals surface area (Å²) in [6.45, 7) is 0.356. The van der Waals surface area contributed by atoms with Gasteiger partial charge in [0, 0.05) is 17.4 Å². The number of carboxylic acids is 1. The van der Waals surface area contributed by atoms with E-state index in [2.05, 4.69) is 36.4 Å². The average Bonchev–Trinajstić information content (AvgIpc) is 3.13. The van der Waals surface area contributed by atoms with Crippen LogP contribution in [0.2, 0.25) is 0 Å². The van der Waals surface area contributed by atoms with Crippen LogP contribution >= 0.6 is 21.6 Å². The lowest BCUT2D eigenvalue weighted by molar-refractivity contribution is -0.153. The highest BCUT2D eigenvalue weighted by atomic mass is 33.1. The Balaban J connectivity index is 1.49. The van der Waals surface area contributed by atoms with E-state index in [0.717, 1.165) is 35.5 Å². The summed E-state index contributed by atoms with van der Waals surface area (Å²) >= 11 is 0. The van der Waals surface area contributed by atoms with Crippen molar-refractivity contribution in [1.29, 1.82) is 0 Å². The summed E-state index contributed by atoms with van der Waals surface area (Å²) in [5.74, 6) is -0.0466. The van der Waals surface area contributed by atoms with Crippen LogP contribution in [0.15, 0.2) is 72.8 Å². The first-order chi connectivity index (χ1) is 24.7. The van der Waals surface area contributed by atoms with Crippen LogP contribution in [0.3, 0.4) is 0 Å². The summed E-state index contributed by atoms with van der Waals surface area (Å²) in [6.07, 6.45) is 10.5. The fourth-order valence-electron chi connectivity index (χ4n) is 8.82. The molecule has 0 unspecified atom stereocenters. The number of hydrogen-bond acceptors (Lipinski definition) is 9. The van der Waals surface area contributed by atoms with Crippen molar-refractivity contribution in [3.05, 3.63) is 95.1 Å². The molecule has 2 heterocycles. The SMILES string of the molecule is NCC[C@@H]1[C@@H]([C@@H](O)C(=O)O)[C@@H]2C=C[C@H]1C[C@@H](CC=C[C@H](O)[C@H](O)C1CCC(O)CC1)[C@@H](Cc1cccc(CO)c1)CSSCc1ccccc1C2. The van der Waals surface area contributed by atoms with Crippen molar-refractivity contribution in [3.8, 4) is 0 Å². The normalized spacial score (nSPS) is 30.7. The molecule has 6 rings (SSSR count). The molecular formula is C41H57NO7S2. The first kappa shape index (κ1) is 40.0. The fourth-order valence-corrected chi connectivity index (χ4v) is 11.4. The van der Waals surface area contributed by atoms with Gasteiger partial charge in [0.25, 0.3) is 0 Å². The fraction of sp³-hybridized carbons (Fsp3) is 0.585. The number of carboxylic acid groups (broad SMARTS) is 1. The van der Waals surface area contributed by atoms with E-state index in [1.165, 1.54) is 11.1 Å². The van der Waals surface area contributed by atoms with Crippen molar-refractivity contribution in [2.24, 2.45) is 47.2 Å². The van der Waals surface area contributed by atoms with Crippen molar-refractivity contribution >= 4 is 27.6 Å². The van der Waals surface area contributed by atoms with Crippen LogP contribution in [0.25, 0.3) is 0 Å². The lowest BCUT2D eigenvalue weighted by Crippen LogP contribution is -2.45. The Morgan fingerprint density at radius 2 is 1.65 bits per heavy atom. The van der Waals surface area contributed by atoms with E-state index in [1.54, 1.807) is 6.08 Å². The Labute approximate surface area is 311 Å². The molecule has 8 nitrogen and oxygen atoms in total. The van der Waals surface area contributed by atoms with Crippen LogP contribution < -0.4 is 5.73 Å². The van der Waals surface area contributed by atoms with E-state index in [-0.39, 0.29) is 48.2 Å². The highest BCUT2D eigenvalue weighted by Crippen LogP contribution is 2.46. The maximum atomic E-state index is 12.4. The van der Waals surface area contributed by atoms with E-state index in [0.29, 0.717) is 51.5 Å². The summed E-state index contributed by atoms with van der Waals surface area (Å²) in [5.41, 5.74) is 10.6. The van der Waals surface area contributed by atoms with Gasteiger partial charge in [-0.3, -0.25) is 0 Å². The molecule has 8 N–H and O–H groups in total. The van der Waals surface area contributed by atoms with Gasteiger partial charge >= 0.3 is 5.97 Å². The molecular weight excluding hydrogens is 683 g/mol. The van der Waals surface area contributed by atoms with E-state index in [4.69, 9.17) is 5.73 Å². The molecule has 2 aliphatic carbocycles. The predicted molar refractivity (Wildman–Crippen MR) is 206 cm³/mol. The second kappa shape index (κ2) is 19.8. The van der Waals surface area contributed by atoms with Crippen LogP contribution in [-0.2, 0) is 30.0 Å². The van der Waals surface area contributed by atoms with Crippen molar-refractivity contribution in [1.82, 2.24) is 0 Å². The third-order valence-corrected chi connectivity index (χ3v) is 14.1. The zero-order valence-corrected chi connectivity index (χ0v) is 31.1. The molecule has 1 fully saturated rings. The Hall–Kier alpha value is -2.15. The molecule has 2 aromatic rings. The average molecular weight is 740 g/mol. The standard InChI is InChI=1S/C41H57NO7S2/c42-18-17-36-31-11-12-32(38(36)40(47)41(48)49)22-29-7-1-2-8-33(29)24-50-51-25-34(20-26-5-3-6-27(19-26)23-43)30(21-31)9-4-10-37(45)39(46)28-13-15-35(44)16-14-28/h1-8,10-12,19,28,30-32,34-40,43-47H,9,13-18,20-25,42H2,(H,48,49)/t28?,30-,31+,32-,34+,35?,36+,37+,38+,39-,40-/m1/s1. The minimum atomic E-state index is -1.52. The van der Waals surface area contributed by atoms with Crippen LogP contribution in [0.4, 0.5) is 0 Å². The molecule has 0 aromatic heterocycles. The highest BCUT2D eigenvalue weighted by Gasteiger charge is 2.44. The quantitative estimate of drug-likeness (QED) is 0.109. The van der Waals surface area contributed by atoms with Crippen molar-refractivity contribution in [2.45, 2.75) is 94.6 Å². The highest BCUT2D eigenvalue weighted by molar-refractivity contribution is 8.76. The second-order valence-electron chi connectivity index (χ2n) is 15.0. The Morgan fingerprint density at radius 3 is 2.37 bits per heavy atom. The van der Waals surface area contributed by atoms with Crippen LogP contribution in [0.5, 0.6) is 0 Å². The molecule has 2 bridgehead atoms. The number of aliphatic carboxylic acids is 1. The predicted octanol–water partition coefficient (Wildman–Crippen LogP) is 5.53. The van der Waals surface area contributed by atoms with Gasteiger partial charge in [-0.25, -0.2) is 4.79 Å². The molecule has 10 heteroatoms. The van der Waals surface area contributed by atoms with Gasteiger partial charge in [-0.05, 0) is 122 Å². The summed E-state index contributed by atoms with van der Waals surface area (Å²) in [6, 6.07) is 16.4. The van der Waals surface area contributed by atoms with Crippen LogP contribution in [0, 0.1) is 41.4 Å². The Kier molecular flexibility index (Phi) is 15.5. The number of allylic oxidation sites excluding steroid dienone is 3. The number of nitrogens with two attached hydrogens (primary N) is 1. The number of rotatable bonds is 12. The first-order valence-corrected chi connectivity index (χ1v) is 21.2. The van der Waals surface area contributed by atoms with E-state index in [1.807, 2.05) is 51.9 Å². The van der Waals surface area contributed by atoms with E-state index in [9.17, 15) is 35.4 Å². The summed E-state index contributed by atoms with van der Waals surface area (Å²) < 4.78 is 0. The zero-order chi connectivity index (χ0) is 36.3. The Morgan fingerprint density at radius 1 is 0.922 bits per heavy atom. The van der Waals surface area contributed by atoms with Crippen molar-refractivity contribution in [2.75, 3.05) is 12.3 Å². The summed E-state index contributed by atoms with van der Waals surface area (Å²) in [4.78, 5) is 12.4. The second-order valence-corrected chi connectivity index (χ2v) is 17.5. The minimum absolute atomic E-state index is 0.00602. The van der Waals surface area contributed by atoms with Gasteiger partial charge in [-0.1, -0.05) is 94.4 Å². The summed E-state index contributed by atoms with van der Waals surface area (Å²) in [7, 11) is 3.69. The number of fused-ring (bicyclic) bond motifs is 7. The molecule has 280 valence electrons. The van der Waals surface area contributed by atoms with Crippen molar-refractivity contribution < 1.29 is 35.4 Å². The number of aliphatic hydroxyl groups excluding tert-OH is 5. The molecule has 1 saturated carbocycles. The van der Waals surface area contributed by atoms with E-state index < -0.39 is 30.2 Å².